The maximum atomic E-state index is 14.1. The largest absolute Gasteiger partial charge is 0.486 e. The van der Waals surface area contributed by atoms with Gasteiger partial charge in [0.1, 0.15) is 17.7 Å². The first kappa shape index (κ1) is 25.9. The van der Waals surface area contributed by atoms with Gasteiger partial charge in [0.15, 0.2) is 0 Å². The van der Waals surface area contributed by atoms with Gasteiger partial charge in [-0.15, -0.1) is 0 Å². The fourth-order valence-electron chi connectivity index (χ4n) is 3.87. The van der Waals surface area contributed by atoms with Crippen LogP contribution in [0.2, 0.25) is 0 Å². The minimum absolute atomic E-state index is 0.0523. The standard InChI is InChI=1S/C29H32FNO4/c1-5-26(20-12-10-19(11-13-20)23-8-6-7-9-25(23)30)35-22-16-14-21(15-17-22)27(32)31-18-24(28(33)34)29(2,3)4/h6-17,24,26H,5,18H2,1-4H3,(H,31,32)(H,33,34)/t24-,26+/m1/s1. The van der Waals surface area contributed by atoms with Gasteiger partial charge in [0.25, 0.3) is 5.91 Å². The summed E-state index contributed by atoms with van der Waals surface area (Å²) in [5.41, 5.74) is 2.28. The van der Waals surface area contributed by atoms with Gasteiger partial charge in [-0.1, -0.05) is 70.2 Å². The number of aliphatic carboxylic acids is 1. The van der Waals surface area contributed by atoms with Gasteiger partial charge in [-0.25, -0.2) is 4.39 Å². The number of carboxylic acids is 1. The van der Waals surface area contributed by atoms with Gasteiger partial charge in [-0.05, 0) is 53.3 Å². The molecule has 184 valence electrons. The molecule has 0 saturated heterocycles. The Morgan fingerprint density at radius 3 is 2.14 bits per heavy atom. The Balaban J connectivity index is 1.64. The maximum absolute atomic E-state index is 14.1. The van der Waals surface area contributed by atoms with E-state index in [2.05, 4.69) is 5.32 Å². The highest BCUT2D eigenvalue weighted by Gasteiger charge is 2.31. The molecular weight excluding hydrogens is 445 g/mol. The normalized spacial score (nSPS) is 13.1. The molecule has 3 aromatic rings. The van der Waals surface area contributed by atoms with E-state index in [4.69, 9.17) is 4.74 Å². The van der Waals surface area contributed by atoms with Crippen LogP contribution in [0.3, 0.4) is 0 Å². The second-order valence-corrected chi connectivity index (χ2v) is 9.61. The van der Waals surface area contributed by atoms with E-state index in [1.807, 2.05) is 58.0 Å². The first-order chi connectivity index (χ1) is 16.6. The minimum Gasteiger partial charge on any atom is -0.486 e. The molecule has 0 aliphatic carbocycles. The molecule has 0 spiro atoms. The van der Waals surface area contributed by atoms with E-state index in [-0.39, 0.29) is 24.4 Å². The molecule has 3 aromatic carbocycles. The zero-order valence-corrected chi connectivity index (χ0v) is 20.5. The summed E-state index contributed by atoms with van der Waals surface area (Å²) in [4.78, 5) is 24.0. The van der Waals surface area contributed by atoms with Gasteiger partial charge < -0.3 is 15.2 Å². The van der Waals surface area contributed by atoms with Crippen LogP contribution in [-0.4, -0.2) is 23.5 Å². The zero-order chi connectivity index (χ0) is 25.6. The van der Waals surface area contributed by atoms with Gasteiger partial charge in [0, 0.05) is 17.7 Å². The number of halogens is 1. The number of rotatable bonds is 9. The van der Waals surface area contributed by atoms with E-state index in [0.717, 1.165) is 17.5 Å². The third kappa shape index (κ3) is 6.69. The Morgan fingerprint density at radius 2 is 1.60 bits per heavy atom. The van der Waals surface area contributed by atoms with Crippen LogP contribution in [0.15, 0.2) is 72.8 Å². The smallest absolute Gasteiger partial charge is 0.308 e. The molecule has 0 heterocycles. The van der Waals surface area contributed by atoms with Crippen LogP contribution in [0.1, 0.15) is 56.1 Å². The lowest BCUT2D eigenvalue weighted by Gasteiger charge is -2.27. The van der Waals surface area contributed by atoms with Crippen LogP contribution in [0.25, 0.3) is 11.1 Å². The molecule has 35 heavy (non-hydrogen) atoms. The molecule has 0 aliphatic heterocycles. The molecule has 1 amide bonds. The molecule has 0 aliphatic rings. The quantitative estimate of drug-likeness (QED) is 0.369. The Labute approximate surface area is 206 Å². The fourth-order valence-corrected chi connectivity index (χ4v) is 3.87. The number of carbonyl (C=O) groups is 2. The summed E-state index contributed by atoms with van der Waals surface area (Å²) in [6, 6.07) is 21.1. The third-order valence-electron chi connectivity index (χ3n) is 6.04. The van der Waals surface area contributed by atoms with Crippen LogP contribution >= 0.6 is 0 Å². The van der Waals surface area contributed by atoms with Crippen molar-refractivity contribution in [2.45, 2.75) is 40.2 Å². The Kier molecular flexibility index (Phi) is 8.28. The first-order valence-corrected chi connectivity index (χ1v) is 11.7. The summed E-state index contributed by atoms with van der Waals surface area (Å²) < 4.78 is 20.2. The molecular formula is C29H32FNO4. The van der Waals surface area contributed by atoms with Crippen LogP contribution < -0.4 is 10.1 Å². The lowest BCUT2D eigenvalue weighted by atomic mass is 9.80. The van der Waals surface area contributed by atoms with E-state index in [0.29, 0.717) is 16.9 Å². The van der Waals surface area contributed by atoms with Crippen molar-refractivity contribution in [3.05, 3.63) is 89.7 Å². The van der Waals surface area contributed by atoms with Crippen molar-refractivity contribution in [1.82, 2.24) is 5.32 Å². The van der Waals surface area contributed by atoms with E-state index < -0.39 is 17.3 Å². The summed E-state index contributed by atoms with van der Waals surface area (Å²) in [6.45, 7) is 7.58. The number of carboxylic acid groups (broad SMARTS) is 1. The van der Waals surface area contributed by atoms with Crippen LogP contribution in [0.4, 0.5) is 4.39 Å². The lowest BCUT2D eigenvalue weighted by molar-refractivity contribution is -0.145. The molecule has 6 heteroatoms. The van der Waals surface area contributed by atoms with E-state index in [1.54, 1.807) is 36.4 Å². The van der Waals surface area contributed by atoms with Gasteiger partial charge >= 0.3 is 5.97 Å². The molecule has 3 rings (SSSR count). The van der Waals surface area contributed by atoms with Gasteiger partial charge in [-0.2, -0.15) is 0 Å². The summed E-state index contributed by atoms with van der Waals surface area (Å²) in [7, 11) is 0. The van der Waals surface area contributed by atoms with Crippen molar-refractivity contribution >= 4 is 11.9 Å². The minimum atomic E-state index is -0.936. The monoisotopic (exact) mass is 477 g/mol. The predicted octanol–water partition coefficient (Wildman–Crippen LogP) is 6.50. The molecule has 2 atom stereocenters. The van der Waals surface area contributed by atoms with Crippen LogP contribution in [-0.2, 0) is 4.79 Å². The molecule has 0 bridgehead atoms. The number of hydrogen-bond donors (Lipinski definition) is 2. The van der Waals surface area contributed by atoms with Gasteiger partial charge in [0.05, 0.1) is 5.92 Å². The number of hydrogen-bond acceptors (Lipinski definition) is 3. The second kappa shape index (κ2) is 11.2. The summed E-state index contributed by atoms with van der Waals surface area (Å²) >= 11 is 0. The average molecular weight is 478 g/mol. The molecule has 0 aromatic heterocycles. The van der Waals surface area contributed by atoms with Crippen molar-refractivity contribution in [2.75, 3.05) is 6.54 Å². The van der Waals surface area contributed by atoms with Crippen molar-refractivity contribution in [2.24, 2.45) is 11.3 Å². The number of ether oxygens (including phenoxy) is 1. The van der Waals surface area contributed by atoms with E-state index in [1.165, 1.54) is 6.07 Å². The zero-order valence-electron chi connectivity index (χ0n) is 20.5. The van der Waals surface area contributed by atoms with E-state index in [9.17, 15) is 19.1 Å². The average Bonchev–Trinajstić information content (AvgIpc) is 2.82. The molecule has 0 radical (unpaired) electrons. The highest BCUT2D eigenvalue weighted by molar-refractivity contribution is 5.94. The van der Waals surface area contributed by atoms with Crippen molar-refractivity contribution in [3.63, 3.8) is 0 Å². The highest BCUT2D eigenvalue weighted by atomic mass is 19.1. The summed E-state index contributed by atoms with van der Waals surface area (Å²) in [5.74, 6) is -1.60. The number of nitrogens with one attached hydrogen (secondary N) is 1. The molecule has 0 unspecified atom stereocenters. The fraction of sp³-hybridized carbons (Fsp3) is 0.310. The van der Waals surface area contributed by atoms with Crippen LogP contribution in [0, 0.1) is 17.2 Å². The second-order valence-electron chi connectivity index (χ2n) is 9.61. The summed E-state index contributed by atoms with van der Waals surface area (Å²) in [6.07, 6.45) is 0.525. The van der Waals surface area contributed by atoms with Crippen molar-refractivity contribution in [3.8, 4) is 16.9 Å². The maximum Gasteiger partial charge on any atom is 0.308 e. The van der Waals surface area contributed by atoms with Gasteiger partial charge in [-0.3, -0.25) is 9.59 Å². The van der Waals surface area contributed by atoms with Crippen LogP contribution in [0.5, 0.6) is 5.75 Å². The van der Waals surface area contributed by atoms with Crippen molar-refractivity contribution in [1.29, 1.82) is 0 Å². The first-order valence-electron chi connectivity index (χ1n) is 11.7. The lowest BCUT2D eigenvalue weighted by Crippen LogP contribution is -2.39. The Hall–Kier alpha value is -3.67. The Bertz CT molecular complexity index is 1150. The highest BCUT2D eigenvalue weighted by Crippen LogP contribution is 2.29. The number of carbonyl (C=O) groups excluding carboxylic acids is 1. The summed E-state index contributed by atoms with van der Waals surface area (Å²) in [5, 5.41) is 12.2. The molecule has 5 nitrogen and oxygen atoms in total. The van der Waals surface area contributed by atoms with Crippen molar-refractivity contribution < 1.29 is 23.8 Å². The number of amides is 1. The third-order valence-corrected chi connectivity index (χ3v) is 6.04. The van der Waals surface area contributed by atoms with E-state index >= 15 is 0 Å². The topological polar surface area (TPSA) is 75.6 Å². The number of benzene rings is 3. The molecule has 0 saturated carbocycles. The predicted molar refractivity (Wildman–Crippen MR) is 135 cm³/mol. The molecule has 2 N–H and O–H groups in total. The Morgan fingerprint density at radius 1 is 0.971 bits per heavy atom. The van der Waals surface area contributed by atoms with Gasteiger partial charge in [0.2, 0.25) is 0 Å². The SMILES string of the molecule is CC[C@H](Oc1ccc(C(=O)NC[C@H](C(=O)O)C(C)(C)C)cc1)c1ccc(-c2ccccc2F)cc1. The molecule has 0 fully saturated rings.